The third kappa shape index (κ3) is 9.48. The Morgan fingerprint density at radius 3 is 2.50 bits per heavy atom. The molecule has 1 aliphatic heterocycles. The number of hydrogen-bond acceptors (Lipinski definition) is 9. The van der Waals surface area contributed by atoms with Crippen molar-refractivity contribution in [2.45, 2.75) is 115 Å². The van der Waals surface area contributed by atoms with Gasteiger partial charge in [-0.1, -0.05) is 31.3 Å². The Morgan fingerprint density at radius 1 is 1.12 bits per heavy atom. The molecular weight excluding hydrogens is 638 g/mol. The molecule has 1 saturated carbocycles. The summed E-state index contributed by atoms with van der Waals surface area (Å²) < 4.78 is 46.1. The van der Waals surface area contributed by atoms with E-state index in [9.17, 15) is 23.1 Å². The summed E-state index contributed by atoms with van der Waals surface area (Å²) in [5.41, 5.74) is 0.991. The van der Waals surface area contributed by atoms with Crippen molar-refractivity contribution in [2.75, 3.05) is 38.7 Å². The number of nitrogens with zero attached hydrogens (tertiary/aromatic N) is 3. The van der Waals surface area contributed by atoms with Gasteiger partial charge in [-0.3, -0.25) is 4.79 Å². The first-order valence-electron chi connectivity index (χ1n) is 17.1. The van der Waals surface area contributed by atoms with Crippen LogP contribution in [0.1, 0.15) is 93.9 Å². The quantitative estimate of drug-likeness (QED) is 0.351. The molecule has 2 aliphatic rings. The maximum atomic E-state index is 14.4. The number of amides is 3. The lowest BCUT2D eigenvalue weighted by Gasteiger charge is -2.35. The molecule has 1 aromatic carbocycles. The van der Waals surface area contributed by atoms with Gasteiger partial charge in [0.2, 0.25) is 10.0 Å². The Hall–Kier alpha value is -3.20. The van der Waals surface area contributed by atoms with Gasteiger partial charge >= 0.3 is 6.03 Å². The molecule has 1 aliphatic carbocycles. The molecule has 0 unspecified atom stereocenters. The van der Waals surface area contributed by atoms with Crippen molar-refractivity contribution in [3.8, 4) is 5.75 Å². The Labute approximate surface area is 284 Å². The minimum absolute atomic E-state index is 0.0311. The van der Waals surface area contributed by atoms with Gasteiger partial charge in [-0.05, 0) is 78.0 Å². The van der Waals surface area contributed by atoms with Crippen LogP contribution in [-0.4, -0.2) is 97.5 Å². The fraction of sp³-hybridized carbons (Fsp3) is 0.676. The highest BCUT2D eigenvalue weighted by molar-refractivity contribution is 7.89. The van der Waals surface area contributed by atoms with Crippen molar-refractivity contribution in [3.63, 3.8) is 0 Å². The maximum Gasteiger partial charge on any atom is 0.319 e. The normalized spacial score (nSPS) is 22.8. The molecule has 0 spiro atoms. The van der Waals surface area contributed by atoms with Gasteiger partial charge in [-0.2, -0.15) is 4.31 Å². The van der Waals surface area contributed by atoms with E-state index >= 15 is 0 Å². The van der Waals surface area contributed by atoms with Crippen molar-refractivity contribution in [1.82, 2.24) is 19.7 Å². The van der Waals surface area contributed by atoms with E-state index in [1.165, 1.54) is 17.8 Å². The molecule has 14 heteroatoms. The summed E-state index contributed by atoms with van der Waals surface area (Å²) >= 11 is 0. The third-order valence-corrected chi connectivity index (χ3v) is 11.4. The maximum absolute atomic E-state index is 14.4. The van der Waals surface area contributed by atoms with Crippen molar-refractivity contribution < 1.29 is 37.1 Å². The molecule has 0 radical (unpaired) electrons. The lowest BCUT2D eigenvalue weighted by Crippen LogP contribution is -2.48. The zero-order chi connectivity index (χ0) is 35.0. The molecule has 4 atom stereocenters. The second-order valence-electron chi connectivity index (χ2n) is 13.4. The highest BCUT2D eigenvalue weighted by Gasteiger charge is 2.34. The molecule has 4 rings (SSSR count). The van der Waals surface area contributed by atoms with Gasteiger partial charge in [0.1, 0.15) is 16.3 Å². The Morgan fingerprint density at radius 2 is 1.83 bits per heavy atom. The largest absolute Gasteiger partial charge is 0.490 e. The molecule has 3 amide bonds. The first-order valence-corrected chi connectivity index (χ1v) is 18.6. The molecule has 1 fully saturated rings. The number of aliphatic hydroxyl groups is 1. The Bertz CT molecular complexity index is 1470. The number of sulfonamides is 1. The summed E-state index contributed by atoms with van der Waals surface area (Å²) in [6, 6.07) is 4.28. The standard InChI is InChI=1S/C34H53N5O8S/c1-22-19-39(23(2)21-40)33(41)29-18-28(36-34(42)35-27-13-8-7-9-14-27)15-16-30(29)46-24(3)12-10-11-17-45-31(22)20-38(6)48(43,44)32-25(4)37-47-26(32)5/h15-16,18,22-24,27,31,40H,7-14,17,19-21H2,1-6H3,(H2,35,36,42)/t22-,23+,24+,31-/m0/s1. The number of likely N-dealkylation sites (N-methyl/N-ethyl adjacent to an activating group) is 1. The molecule has 0 saturated heterocycles. The SMILES string of the molecule is Cc1noc(C)c1S(=O)(=O)N(C)C[C@@H]1OCCCC[C@@H](C)Oc2ccc(NC(=O)NC3CCCCC3)cc2C(=O)N([C@H](C)CO)C[C@@H]1C. The average Bonchev–Trinajstić information content (AvgIpc) is 3.40. The number of ether oxygens (including phenoxy) is 2. The molecule has 2 aromatic rings. The van der Waals surface area contributed by atoms with Gasteiger partial charge in [0.25, 0.3) is 5.91 Å². The van der Waals surface area contributed by atoms with Crippen molar-refractivity contribution >= 4 is 27.6 Å². The summed E-state index contributed by atoms with van der Waals surface area (Å²) in [6.45, 7) is 9.06. The first kappa shape index (κ1) is 37.6. The molecule has 2 heterocycles. The van der Waals surface area contributed by atoms with Gasteiger partial charge in [-0.25, -0.2) is 13.2 Å². The van der Waals surface area contributed by atoms with E-state index in [1.54, 1.807) is 43.9 Å². The summed E-state index contributed by atoms with van der Waals surface area (Å²) in [7, 11) is -2.44. The van der Waals surface area contributed by atoms with Gasteiger partial charge in [0.15, 0.2) is 5.76 Å². The summed E-state index contributed by atoms with van der Waals surface area (Å²) in [4.78, 5) is 28.9. The molecular formula is C34H53N5O8S. The summed E-state index contributed by atoms with van der Waals surface area (Å²) in [5.74, 6) is -0.111. The van der Waals surface area contributed by atoms with E-state index < -0.39 is 22.2 Å². The van der Waals surface area contributed by atoms with E-state index in [0.717, 1.165) is 38.5 Å². The van der Waals surface area contributed by atoms with E-state index in [1.807, 2.05) is 13.8 Å². The number of aryl methyl sites for hydroxylation is 2. The van der Waals surface area contributed by atoms with Gasteiger partial charge < -0.3 is 34.6 Å². The number of hydrogen-bond donors (Lipinski definition) is 3. The molecule has 13 nitrogen and oxygen atoms in total. The van der Waals surface area contributed by atoms with E-state index in [-0.39, 0.29) is 71.6 Å². The van der Waals surface area contributed by atoms with Crippen LogP contribution < -0.4 is 15.4 Å². The van der Waals surface area contributed by atoms with Crippen LogP contribution in [0.5, 0.6) is 5.75 Å². The van der Waals surface area contributed by atoms with Crippen LogP contribution in [0.4, 0.5) is 10.5 Å². The molecule has 1 aromatic heterocycles. The van der Waals surface area contributed by atoms with E-state index in [2.05, 4.69) is 15.8 Å². The van der Waals surface area contributed by atoms with Crippen LogP contribution >= 0.6 is 0 Å². The lowest BCUT2D eigenvalue weighted by molar-refractivity contribution is -0.00835. The van der Waals surface area contributed by atoms with Crippen LogP contribution in [0.25, 0.3) is 0 Å². The Balaban J connectivity index is 1.61. The van der Waals surface area contributed by atoms with Crippen molar-refractivity contribution in [3.05, 3.63) is 35.2 Å². The Kier molecular flexibility index (Phi) is 13.3. The number of benzene rings is 1. The third-order valence-electron chi connectivity index (χ3n) is 9.32. The van der Waals surface area contributed by atoms with Gasteiger partial charge in [-0.15, -0.1) is 0 Å². The number of anilines is 1. The van der Waals surface area contributed by atoms with Crippen molar-refractivity contribution in [2.24, 2.45) is 5.92 Å². The average molecular weight is 692 g/mol. The highest BCUT2D eigenvalue weighted by atomic mass is 32.2. The number of fused-ring (bicyclic) bond motifs is 1. The fourth-order valence-electron chi connectivity index (χ4n) is 6.41. The van der Waals surface area contributed by atoms with Crippen LogP contribution in [0.3, 0.4) is 0 Å². The number of carbonyl (C=O) groups excluding carboxylic acids is 2. The predicted octanol–water partition coefficient (Wildman–Crippen LogP) is 4.86. The van der Waals surface area contributed by atoms with Crippen LogP contribution in [-0.2, 0) is 14.8 Å². The number of rotatable bonds is 8. The van der Waals surface area contributed by atoms with E-state index in [4.69, 9.17) is 14.0 Å². The number of carbonyl (C=O) groups is 2. The summed E-state index contributed by atoms with van der Waals surface area (Å²) in [6.07, 6.45) is 6.70. The van der Waals surface area contributed by atoms with Gasteiger partial charge in [0.05, 0.1) is 30.4 Å². The highest BCUT2D eigenvalue weighted by Crippen LogP contribution is 2.29. The zero-order valence-electron chi connectivity index (χ0n) is 29.2. The number of aliphatic hydroxyl groups excluding tert-OH is 1. The smallest absolute Gasteiger partial charge is 0.319 e. The fourth-order valence-corrected chi connectivity index (χ4v) is 7.88. The second kappa shape index (κ2) is 17.0. The predicted molar refractivity (Wildman–Crippen MR) is 182 cm³/mol. The number of urea groups is 1. The first-order chi connectivity index (χ1) is 22.8. The summed E-state index contributed by atoms with van der Waals surface area (Å²) in [5, 5.41) is 20.0. The monoisotopic (exact) mass is 691 g/mol. The molecule has 0 bridgehead atoms. The van der Waals surface area contributed by atoms with E-state index in [0.29, 0.717) is 24.5 Å². The van der Waals surface area contributed by atoms with Crippen LogP contribution in [0.2, 0.25) is 0 Å². The molecule has 3 N–H and O–H groups in total. The van der Waals surface area contributed by atoms with Crippen molar-refractivity contribution in [1.29, 1.82) is 0 Å². The minimum Gasteiger partial charge on any atom is -0.490 e. The second-order valence-corrected chi connectivity index (χ2v) is 15.4. The number of aromatic nitrogens is 1. The van der Waals surface area contributed by atoms with Crippen LogP contribution in [0, 0.1) is 19.8 Å². The topological polar surface area (TPSA) is 164 Å². The lowest BCUT2D eigenvalue weighted by atomic mass is 9.96. The zero-order valence-corrected chi connectivity index (χ0v) is 30.0. The van der Waals surface area contributed by atoms with Gasteiger partial charge in [0, 0.05) is 44.4 Å². The minimum atomic E-state index is -3.94. The number of nitrogens with one attached hydrogen (secondary N) is 2. The molecule has 268 valence electrons. The van der Waals surface area contributed by atoms with Crippen LogP contribution in [0.15, 0.2) is 27.6 Å². The molecule has 48 heavy (non-hydrogen) atoms.